The molecule has 0 unspecified atom stereocenters. The Kier molecular flexibility index (Phi) is 3.99. The maximum absolute atomic E-state index is 11.9. The molecule has 0 aliphatic heterocycles. The summed E-state index contributed by atoms with van der Waals surface area (Å²) in [6.07, 6.45) is -4.84. The average Bonchev–Trinajstić information content (AvgIpc) is 1.99. The largest absolute Gasteiger partial charge is 0.574 e. The van der Waals surface area contributed by atoms with Crippen LogP contribution in [0.2, 0.25) is 0 Å². The lowest BCUT2D eigenvalue weighted by molar-refractivity contribution is -0.276. The van der Waals surface area contributed by atoms with Crippen LogP contribution in [-0.2, 0) is 0 Å². The molecule has 0 N–H and O–H groups in total. The van der Waals surface area contributed by atoms with Gasteiger partial charge in [-0.1, -0.05) is 0 Å². The van der Waals surface area contributed by atoms with Gasteiger partial charge in [-0.3, -0.25) is 0 Å². The van der Waals surface area contributed by atoms with E-state index < -0.39 is 12.2 Å². The third-order valence-electron chi connectivity index (χ3n) is 1.23. The zero-order valence-corrected chi connectivity index (χ0v) is 11.1. The van der Waals surface area contributed by atoms with Crippen LogP contribution in [0.4, 0.5) is 13.2 Å². The second kappa shape index (κ2) is 4.69. The van der Waals surface area contributed by atoms with Crippen molar-refractivity contribution in [1.29, 1.82) is 5.26 Å². The van der Waals surface area contributed by atoms with Crippen LogP contribution in [0.3, 0.4) is 0 Å². The van der Waals surface area contributed by atoms with E-state index in [1.165, 1.54) is 6.07 Å². The lowest BCUT2D eigenvalue weighted by Crippen LogP contribution is -2.19. The number of nitrogens with zero attached hydrogens (tertiary/aromatic N) is 2. The Bertz CT molecular complexity index is 427. The summed E-state index contributed by atoms with van der Waals surface area (Å²) in [5.41, 5.74) is -0.214. The molecule has 0 spiro atoms. The second-order valence-corrected chi connectivity index (χ2v) is 4.53. The third-order valence-corrected chi connectivity index (χ3v) is 2.63. The first kappa shape index (κ1) is 12.8. The predicted molar refractivity (Wildman–Crippen MR) is 61.1 cm³/mol. The maximum Gasteiger partial charge on any atom is 0.574 e. The summed E-state index contributed by atoms with van der Waals surface area (Å²) < 4.78 is 40.2. The number of hydrogen-bond donors (Lipinski definition) is 0. The van der Waals surface area contributed by atoms with Crippen molar-refractivity contribution in [1.82, 2.24) is 4.98 Å². The SMILES string of the molecule is N#Cc1c(I)cc(I)nc1OC(F)(F)F. The van der Waals surface area contributed by atoms with Crippen LogP contribution in [0, 0.1) is 18.6 Å². The molecule has 1 rings (SSSR count). The van der Waals surface area contributed by atoms with Crippen molar-refractivity contribution in [2.24, 2.45) is 0 Å². The number of pyridine rings is 1. The molecule has 1 heterocycles. The van der Waals surface area contributed by atoms with Crippen LogP contribution >= 0.6 is 45.2 Å². The van der Waals surface area contributed by atoms with Gasteiger partial charge in [0, 0.05) is 3.57 Å². The highest BCUT2D eigenvalue weighted by molar-refractivity contribution is 14.1. The van der Waals surface area contributed by atoms with Crippen LogP contribution < -0.4 is 4.74 Å². The number of hydrogen-bond acceptors (Lipinski definition) is 3. The first-order valence-electron chi connectivity index (χ1n) is 3.35. The van der Waals surface area contributed by atoms with E-state index in [0.717, 1.165) is 0 Å². The molecule has 0 amide bonds. The number of aromatic nitrogens is 1. The molecular weight excluding hydrogens is 439 g/mol. The van der Waals surface area contributed by atoms with Gasteiger partial charge in [0.15, 0.2) is 0 Å². The molecule has 0 aromatic carbocycles. The summed E-state index contributed by atoms with van der Waals surface area (Å²) in [6.45, 7) is 0. The summed E-state index contributed by atoms with van der Waals surface area (Å²) in [4.78, 5) is 3.51. The minimum absolute atomic E-state index is 0.214. The Hall–Kier alpha value is -0.310. The molecule has 1 aromatic heterocycles. The fraction of sp³-hybridized carbons (Fsp3) is 0.143. The van der Waals surface area contributed by atoms with Gasteiger partial charge in [0.25, 0.3) is 0 Å². The molecule has 0 aliphatic carbocycles. The summed E-state index contributed by atoms with van der Waals surface area (Å²) in [5, 5.41) is 8.64. The molecule has 0 radical (unpaired) electrons. The summed E-state index contributed by atoms with van der Waals surface area (Å²) >= 11 is 3.49. The van der Waals surface area contributed by atoms with Crippen LogP contribution in [0.5, 0.6) is 5.88 Å². The van der Waals surface area contributed by atoms with Gasteiger partial charge in [0.2, 0.25) is 5.88 Å². The van der Waals surface area contributed by atoms with Crippen molar-refractivity contribution >= 4 is 45.2 Å². The van der Waals surface area contributed by atoms with E-state index >= 15 is 0 Å². The molecule has 3 nitrogen and oxygen atoms in total. The molecule has 0 atom stereocenters. The Labute approximate surface area is 110 Å². The Morgan fingerprint density at radius 2 is 2.00 bits per heavy atom. The highest BCUT2D eigenvalue weighted by atomic mass is 127. The van der Waals surface area contributed by atoms with Crippen LogP contribution in [-0.4, -0.2) is 11.3 Å². The molecule has 0 fully saturated rings. The molecule has 0 aliphatic rings. The van der Waals surface area contributed by atoms with Gasteiger partial charge in [-0.25, -0.2) is 4.98 Å². The Balaban J connectivity index is 3.23. The minimum atomic E-state index is -4.84. The van der Waals surface area contributed by atoms with Crippen molar-refractivity contribution < 1.29 is 17.9 Å². The van der Waals surface area contributed by atoms with Crippen molar-refractivity contribution in [2.75, 3.05) is 0 Å². The molecule has 8 heteroatoms. The van der Waals surface area contributed by atoms with E-state index in [9.17, 15) is 13.2 Å². The fourth-order valence-electron chi connectivity index (χ4n) is 0.749. The van der Waals surface area contributed by atoms with Crippen molar-refractivity contribution in [3.8, 4) is 11.9 Å². The molecule has 15 heavy (non-hydrogen) atoms. The third kappa shape index (κ3) is 3.63. The minimum Gasteiger partial charge on any atom is -0.386 e. The van der Waals surface area contributed by atoms with E-state index in [1.807, 2.05) is 0 Å². The van der Waals surface area contributed by atoms with E-state index in [4.69, 9.17) is 5.26 Å². The van der Waals surface area contributed by atoms with E-state index in [-0.39, 0.29) is 5.56 Å². The van der Waals surface area contributed by atoms with Crippen molar-refractivity contribution in [3.05, 3.63) is 18.9 Å². The quantitative estimate of drug-likeness (QED) is 0.499. The van der Waals surface area contributed by atoms with Gasteiger partial charge in [-0.15, -0.1) is 13.2 Å². The zero-order chi connectivity index (χ0) is 11.6. The molecule has 0 saturated heterocycles. The first-order valence-corrected chi connectivity index (χ1v) is 5.51. The Morgan fingerprint density at radius 1 is 1.40 bits per heavy atom. The van der Waals surface area contributed by atoms with Crippen molar-refractivity contribution in [3.63, 3.8) is 0 Å². The summed E-state index contributed by atoms with van der Waals surface area (Å²) in [5.74, 6) is -0.707. The Morgan fingerprint density at radius 3 is 2.47 bits per heavy atom. The number of nitriles is 1. The average molecular weight is 440 g/mol. The normalized spacial score (nSPS) is 10.9. The van der Waals surface area contributed by atoms with Gasteiger partial charge in [0.05, 0.1) is 0 Å². The lowest BCUT2D eigenvalue weighted by atomic mass is 10.3. The van der Waals surface area contributed by atoms with Gasteiger partial charge in [0.1, 0.15) is 15.3 Å². The lowest BCUT2D eigenvalue weighted by Gasteiger charge is -2.10. The van der Waals surface area contributed by atoms with Crippen LogP contribution in [0.1, 0.15) is 5.56 Å². The summed E-state index contributed by atoms with van der Waals surface area (Å²) in [6, 6.07) is 3.10. The number of rotatable bonds is 1. The predicted octanol–water partition coefficient (Wildman–Crippen LogP) is 3.06. The monoisotopic (exact) mass is 440 g/mol. The first-order chi connectivity index (χ1) is 6.83. The van der Waals surface area contributed by atoms with E-state index in [1.54, 1.807) is 51.3 Å². The van der Waals surface area contributed by atoms with E-state index in [2.05, 4.69) is 9.72 Å². The maximum atomic E-state index is 11.9. The number of ether oxygens (including phenoxy) is 1. The zero-order valence-electron chi connectivity index (χ0n) is 6.77. The molecule has 1 aromatic rings. The van der Waals surface area contributed by atoms with Gasteiger partial charge in [-0.05, 0) is 51.2 Å². The van der Waals surface area contributed by atoms with Crippen LogP contribution in [0.15, 0.2) is 6.07 Å². The smallest absolute Gasteiger partial charge is 0.386 e. The van der Waals surface area contributed by atoms with Gasteiger partial charge in [-0.2, -0.15) is 5.26 Å². The highest BCUT2D eigenvalue weighted by Crippen LogP contribution is 2.28. The molecule has 0 saturated carbocycles. The molecule has 80 valence electrons. The van der Waals surface area contributed by atoms with Crippen LogP contribution in [0.25, 0.3) is 0 Å². The highest BCUT2D eigenvalue weighted by Gasteiger charge is 2.33. The molecule has 0 bridgehead atoms. The second-order valence-electron chi connectivity index (χ2n) is 2.27. The van der Waals surface area contributed by atoms with Gasteiger partial charge < -0.3 is 4.74 Å². The number of alkyl halides is 3. The van der Waals surface area contributed by atoms with E-state index in [0.29, 0.717) is 7.27 Å². The topological polar surface area (TPSA) is 45.9 Å². The van der Waals surface area contributed by atoms with Crippen molar-refractivity contribution in [2.45, 2.75) is 6.36 Å². The standard InChI is InChI=1S/C7HF3I2N2O/c8-7(9,10)15-6-3(2-13)4(11)1-5(12)14-6/h1H. The van der Waals surface area contributed by atoms with Gasteiger partial charge >= 0.3 is 6.36 Å². The summed E-state index contributed by atoms with van der Waals surface area (Å²) in [7, 11) is 0. The fourth-order valence-corrected chi connectivity index (χ4v) is 2.52. The molecular formula is C7HF3I2N2O. The number of halogens is 5.